The Morgan fingerprint density at radius 1 is 1.32 bits per heavy atom. The molecule has 1 aliphatic heterocycles. The summed E-state index contributed by atoms with van der Waals surface area (Å²) in [5.41, 5.74) is 0.796. The first kappa shape index (κ1) is 19.2. The predicted octanol–water partition coefficient (Wildman–Crippen LogP) is 0.438. The molecule has 1 aromatic rings. The molecule has 0 spiro atoms. The van der Waals surface area contributed by atoms with Crippen LogP contribution in [-0.4, -0.2) is 55.7 Å². The van der Waals surface area contributed by atoms with E-state index in [1.807, 2.05) is 0 Å². The lowest BCUT2D eigenvalue weighted by molar-refractivity contribution is -0.139. The topological polar surface area (TPSA) is 113 Å². The minimum absolute atomic E-state index is 0.106. The van der Waals surface area contributed by atoms with Crippen LogP contribution in [0.4, 0.5) is 0 Å². The quantitative estimate of drug-likeness (QED) is 0.720. The van der Waals surface area contributed by atoms with Gasteiger partial charge in [0.15, 0.2) is 6.61 Å². The molecule has 2 N–H and O–H groups in total. The molecule has 0 atom stereocenters. The van der Waals surface area contributed by atoms with Crippen LogP contribution in [0.1, 0.15) is 18.4 Å². The van der Waals surface area contributed by atoms with Gasteiger partial charge in [-0.15, -0.1) is 0 Å². The SMILES string of the molecule is CS(=O)(=O)N1CCC(C(=O)NCc2cccc(OCC(=O)O)c2)CC1. The summed E-state index contributed by atoms with van der Waals surface area (Å²) in [6.45, 7) is 0.592. The number of rotatable bonds is 7. The molecule has 9 heteroatoms. The zero-order valence-electron chi connectivity index (χ0n) is 14.0. The number of carbonyl (C=O) groups is 2. The van der Waals surface area contributed by atoms with Crippen molar-refractivity contribution in [1.29, 1.82) is 0 Å². The van der Waals surface area contributed by atoms with Crippen LogP contribution in [0.25, 0.3) is 0 Å². The first-order chi connectivity index (χ1) is 11.8. The van der Waals surface area contributed by atoms with Crippen molar-refractivity contribution in [2.24, 2.45) is 5.92 Å². The van der Waals surface area contributed by atoms with E-state index in [0.29, 0.717) is 38.2 Å². The van der Waals surface area contributed by atoms with Crippen LogP contribution in [0.15, 0.2) is 24.3 Å². The summed E-state index contributed by atoms with van der Waals surface area (Å²) in [7, 11) is -3.20. The number of carbonyl (C=O) groups excluding carboxylic acids is 1. The summed E-state index contributed by atoms with van der Waals surface area (Å²) in [6.07, 6.45) is 2.17. The molecular formula is C16H22N2O6S. The van der Waals surface area contributed by atoms with Gasteiger partial charge in [-0.3, -0.25) is 4.79 Å². The molecule has 2 rings (SSSR count). The maximum Gasteiger partial charge on any atom is 0.341 e. The molecule has 1 fully saturated rings. The lowest BCUT2D eigenvalue weighted by Crippen LogP contribution is -2.42. The maximum atomic E-state index is 12.2. The smallest absolute Gasteiger partial charge is 0.341 e. The van der Waals surface area contributed by atoms with E-state index in [1.54, 1.807) is 24.3 Å². The molecule has 1 aromatic carbocycles. The minimum Gasteiger partial charge on any atom is -0.482 e. The highest BCUT2D eigenvalue weighted by molar-refractivity contribution is 7.88. The molecule has 0 aliphatic carbocycles. The van der Waals surface area contributed by atoms with E-state index in [9.17, 15) is 18.0 Å². The van der Waals surface area contributed by atoms with Crippen molar-refractivity contribution in [3.05, 3.63) is 29.8 Å². The van der Waals surface area contributed by atoms with Gasteiger partial charge in [-0.1, -0.05) is 12.1 Å². The highest BCUT2D eigenvalue weighted by atomic mass is 32.2. The molecule has 0 bridgehead atoms. The van der Waals surface area contributed by atoms with Gasteiger partial charge in [0.2, 0.25) is 15.9 Å². The number of aliphatic carboxylic acids is 1. The number of carboxylic acids is 1. The molecule has 1 aliphatic rings. The average molecular weight is 370 g/mol. The normalized spacial score (nSPS) is 16.4. The Morgan fingerprint density at radius 3 is 2.60 bits per heavy atom. The standard InChI is InChI=1S/C16H22N2O6S/c1-25(22,23)18-7-5-13(6-8-18)16(21)17-10-12-3-2-4-14(9-12)24-11-15(19)20/h2-4,9,13H,5-8,10-11H2,1H3,(H,17,21)(H,19,20). The molecule has 0 aromatic heterocycles. The van der Waals surface area contributed by atoms with Crippen molar-refractivity contribution in [2.45, 2.75) is 19.4 Å². The second-order valence-corrected chi connectivity index (χ2v) is 7.97. The van der Waals surface area contributed by atoms with Crippen molar-refractivity contribution >= 4 is 21.9 Å². The summed E-state index contributed by atoms with van der Waals surface area (Å²) >= 11 is 0. The van der Waals surface area contributed by atoms with E-state index in [4.69, 9.17) is 9.84 Å². The third-order valence-electron chi connectivity index (χ3n) is 4.02. The number of hydrogen-bond donors (Lipinski definition) is 2. The number of hydrogen-bond acceptors (Lipinski definition) is 5. The highest BCUT2D eigenvalue weighted by Crippen LogP contribution is 2.19. The van der Waals surface area contributed by atoms with Gasteiger partial charge >= 0.3 is 5.97 Å². The van der Waals surface area contributed by atoms with Crippen molar-refractivity contribution in [3.63, 3.8) is 0 Å². The molecule has 8 nitrogen and oxygen atoms in total. The largest absolute Gasteiger partial charge is 0.482 e. The van der Waals surface area contributed by atoms with Crippen LogP contribution in [-0.2, 0) is 26.2 Å². The summed E-state index contributed by atoms with van der Waals surface area (Å²) in [5.74, 6) is -0.941. The maximum absolute atomic E-state index is 12.2. The molecule has 1 heterocycles. The van der Waals surface area contributed by atoms with Gasteiger partial charge in [-0.2, -0.15) is 0 Å². The van der Waals surface area contributed by atoms with Crippen molar-refractivity contribution in [3.8, 4) is 5.75 Å². The van der Waals surface area contributed by atoms with Gasteiger partial charge < -0.3 is 15.2 Å². The number of nitrogens with zero attached hydrogens (tertiary/aromatic N) is 1. The Morgan fingerprint density at radius 2 is 2.00 bits per heavy atom. The number of ether oxygens (including phenoxy) is 1. The molecular weight excluding hydrogens is 348 g/mol. The summed E-state index contributed by atoms with van der Waals surface area (Å²) in [5, 5.41) is 11.4. The fourth-order valence-corrected chi connectivity index (χ4v) is 3.55. The second kappa shape index (κ2) is 8.30. The van der Waals surface area contributed by atoms with Gasteiger partial charge in [0.25, 0.3) is 0 Å². The van der Waals surface area contributed by atoms with Crippen molar-refractivity contribution in [1.82, 2.24) is 9.62 Å². The van der Waals surface area contributed by atoms with Crippen molar-refractivity contribution in [2.75, 3.05) is 26.0 Å². The van der Waals surface area contributed by atoms with E-state index in [1.165, 1.54) is 10.6 Å². The summed E-state index contributed by atoms with van der Waals surface area (Å²) < 4.78 is 29.4. The molecule has 0 unspecified atom stereocenters. The number of nitrogens with one attached hydrogen (secondary N) is 1. The van der Waals surface area contributed by atoms with Crippen LogP contribution < -0.4 is 10.1 Å². The lowest BCUT2D eigenvalue weighted by Gasteiger charge is -2.29. The summed E-state index contributed by atoms with van der Waals surface area (Å²) in [6, 6.07) is 6.86. The second-order valence-electron chi connectivity index (χ2n) is 5.98. The van der Waals surface area contributed by atoms with Gasteiger partial charge in [-0.05, 0) is 30.5 Å². The minimum atomic E-state index is -3.20. The molecule has 25 heavy (non-hydrogen) atoms. The summed E-state index contributed by atoms with van der Waals surface area (Å²) in [4.78, 5) is 22.7. The molecule has 1 amide bonds. The van der Waals surface area contributed by atoms with Crippen LogP contribution >= 0.6 is 0 Å². The van der Waals surface area contributed by atoms with E-state index in [0.717, 1.165) is 5.56 Å². The average Bonchev–Trinajstić information content (AvgIpc) is 2.57. The number of amides is 1. The Bertz CT molecular complexity index is 726. The highest BCUT2D eigenvalue weighted by Gasteiger charge is 2.28. The Balaban J connectivity index is 1.82. The Hall–Kier alpha value is -2.13. The zero-order valence-corrected chi connectivity index (χ0v) is 14.8. The number of sulfonamides is 1. The van der Waals surface area contributed by atoms with Crippen LogP contribution in [0.5, 0.6) is 5.75 Å². The molecule has 0 radical (unpaired) electrons. The third-order valence-corrected chi connectivity index (χ3v) is 5.32. The number of benzene rings is 1. The molecule has 138 valence electrons. The van der Waals surface area contributed by atoms with Crippen LogP contribution in [0.2, 0.25) is 0 Å². The molecule has 1 saturated heterocycles. The first-order valence-corrected chi connectivity index (χ1v) is 9.77. The number of carboxylic acid groups (broad SMARTS) is 1. The third kappa shape index (κ3) is 6.02. The van der Waals surface area contributed by atoms with E-state index < -0.39 is 22.6 Å². The monoisotopic (exact) mass is 370 g/mol. The van der Waals surface area contributed by atoms with Gasteiger partial charge in [-0.25, -0.2) is 17.5 Å². The van der Waals surface area contributed by atoms with Crippen molar-refractivity contribution < 1.29 is 27.9 Å². The van der Waals surface area contributed by atoms with Crippen LogP contribution in [0.3, 0.4) is 0 Å². The predicted molar refractivity (Wildman–Crippen MR) is 90.6 cm³/mol. The van der Waals surface area contributed by atoms with E-state index >= 15 is 0 Å². The first-order valence-electron chi connectivity index (χ1n) is 7.92. The number of piperidine rings is 1. The Kier molecular flexibility index (Phi) is 6.38. The van der Waals surface area contributed by atoms with E-state index in [-0.39, 0.29) is 11.8 Å². The van der Waals surface area contributed by atoms with Gasteiger partial charge in [0, 0.05) is 25.6 Å². The molecule has 0 saturated carbocycles. The van der Waals surface area contributed by atoms with Gasteiger partial charge in [0.1, 0.15) is 5.75 Å². The fourth-order valence-electron chi connectivity index (χ4n) is 2.67. The van der Waals surface area contributed by atoms with Crippen LogP contribution in [0, 0.1) is 5.92 Å². The Labute approximate surface area is 146 Å². The van der Waals surface area contributed by atoms with E-state index in [2.05, 4.69) is 5.32 Å². The van der Waals surface area contributed by atoms with Gasteiger partial charge in [0.05, 0.1) is 6.26 Å². The zero-order chi connectivity index (χ0) is 18.4. The fraction of sp³-hybridized carbons (Fsp3) is 0.500. The lowest BCUT2D eigenvalue weighted by atomic mass is 9.97.